The van der Waals surface area contributed by atoms with Gasteiger partial charge in [-0.05, 0) is 30.5 Å². The van der Waals surface area contributed by atoms with E-state index in [4.69, 9.17) is 11.6 Å². The first-order valence-electron chi connectivity index (χ1n) is 12.7. The molecule has 0 amide bonds. The van der Waals surface area contributed by atoms with Crippen molar-refractivity contribution in [3.05, 3.63) is 70.1 Å². The predicted octanol–water partition coefficient (Wildman–Crippen LogP) is 6.90. The Morgan fingerprint density at radius 2 is 1.95 bits per heavy atom. The molecule has 0 saturated carbocycles. The van der Waals surface area contributed by atoms with Crippen molar-refractivity contribution in [1.29, 1.82) is 5.26 Å². The Balaban J connectivity index is 1.81. The summed E-state index contributed by atoms with van der Waals surface area (Å²) in [5, 5.41) is 25.5. The topological polar surface area (TPSA) is 104 Å². The van der Waals surface area contributed by atoms with Crippen LogP contribution in [-0.4, -0.2) is 37.4 Å². The Bertz CT molecular complexity index is 1570. The molecule has 8 nitrogen and oxygen atoms in total. The molecular formula is C28H30ClF3N8. The normalized spacial score (nSPS) is 12.8. The van der Waals surface area contributed by atoms with Crippen LogP contribution in [0.3, 0.4) is 0 Å². The minimum absolute atomic E-state index is 0.0689. The monoisotopic (exact) mass is 570 g/mol. The van der Waals surface area contributed by atoms with Gasteiger partial charge in [0.05, 0.1) is 34.0 Å². The van der Waals surface area contributed by atoms with Crippen molar-refractivity contribution < 1.29 is 13.2 Å². The van der Waals surface area contributed by atoms with Crippen LogP contribution < -0.4 is 10.6 Å². The number of alkyl halides is 2. The third-order valence-corrected chi connectivity index (χ3v) is 6.61. The summed E-state index contributed by atoms with van der Waals surface area (Å²) >= 11 is 6.65. The number of halogens is 4. The fourth-order valence-corrected chi connectivity index (χ4v) is 4.44. The SMILES string of the molecule is CCC(F)(F)Cn1cc(C(Nc2cc(Cl)c3ncc(C#N)c(NCC(C)(C)C)c3c2)c2ccc(F)nc2C)nn1. The van der Waals surface area contributed by atoms with E-state index in [1.165, 1.54) is 25.4 Å². The number of anilines is 2. The van der Waals surface area contributed by atoms with Crippen LogP contribution in [0, 0.1) is 29.6 Å². The Kier molecular flexibility index (Phi) is 8.21. The third kappa shape index (κ3) is 6.62. The van der Waals surface area contributed by atoms with E-state index in [-0.39, 0.29) is 11.8 Å². The lowest BCUT2D eigenvalue weighted by Gasteiger charge is -2.23. The molecule has 1 unspecified atom stereocenters. The molecule has 0 spiro atoms. The van der Waals surface area contributed by atoms with Gasteiger partial charge in [-0.1, -0.05) is 50.6 Å². The van der Waals surface area contributed by atoms with E-state index < -0.39 is 24.5 Å². The minimum Gasteiger partial charge on any atom is -0.383 e. The highest BCUT2D eigenvalue weighted by Gasteiger charge is 2.29. The number of rotatable bonds is 9. The molecule has 2 N–H and O–H groups in total. The Morgan fingerprint density at radius 3 is 2.60 bits per heavy atom. The van der Waals surface area contributed by atoms with E-state index in [1.807, 2.05) is 0 Å². The second-order valence-corrected chi connectivity index (χ2v) is 11.3. The van der Waals surface area contributed by atoms with Crippen LogP contribution in [0.2, 0.25) is 5.02 Å². The van der Waals surface area contributed by atoms with Crippen LogP contribution >= 0.6 is 11.6 Å². The number of nitrogens with one attached hydrogen (secondary N) is 2. The van der Waals surface area contributed by atoms with Crippen LogP contribution in [0.25, 0.3) is 10.9 Å². The number of aromatic nitrogens is 5. The molecule has 12 heteroatoms. The van der Waals surface area contributed by atoms with E-state index >= 15 is 0 Å². The van der Waals surface area contributed by atoms with Gasteiger partial charge in [0, 0.05) is 41.5 Å². The molecule has 40 heavy (non-hydrogen) atoms. The van der Waals surface area contributed by atoms with Gasteiger partial charge in [-0.2, -0.15) is 9.65 Å². The number of aryl methyl sites for hydroxylation is 1. The molecule has 0 aliphatic rings. The first-order chi connectivity index (χ1) is 18.8. The maximum atomic E-state index is 14.1. The fourth-order valence-electron chi connectivity index (χ4n) is 4.17. The average Bonchev–Trinajstić information content (AvgIpc) is 3.33. The van der Waals surface area contributed by atoms with Crippen molar-refractivity contribution >= 4 is 33.9 Å². The minimum atomic E-state index is -2.95. The first kappa shape index (κ1) is 29.1. The molecule has 0 fully saturated rings. The maximum Gasteiger partial charge on any atom is 0.267 e. The smallest absolute Gasteiger partial charge is 0.267 e. The van der Waals surface area contributed by atoms with Gasteiger partial charge in [-0.25, -0.2) is 18.4 Å². The highest BCUT2D eigenvalue weighted by molar-refractivity contribution is 6.35. The van der Waals surface area contributed by atoms with Crippen LogP contribution in [-0.2, 0) is 6.54 Å². The number of pyridine rings is 2. The zero-order chi connectivity index (χ0) is 29.2. The van der Waals surface area contributed by atoms with Gasteiger partial charge < -0.3 is 10.6 Å². The van der Waals surface area contributed by atoms with Crippen molar-refractivity contribution in [2.24, 2.45) is 5.41 Å². The van der Waals surface area contributed by atoms with Crippen LogP contribution in [0.15, 0.2) is 36.7 Å². The summed E-state index contributed by atoms with van der Waals surface area (Å²) in [5.74, 6) is -3.60. The standard InChI is InChI=1S/C28H30ClF3N8/c1-6-28(31,32)15-40-13-22(38-39-40)26(19-7-8-23(30)36-16(19)2)37-18-9-20-24(35-14-27(3,4)5)17(11-33)12-34-25(20)21(29)10-18/h7-10,12-13,26,37H,6,14-15H2,1-5H3,(H,34,35). The van der Waals surface area contributed by atoms with E-state index in [0.29, 0.717) is 56.4 Å². The summed E-state index contributed by atoms with van der Waals surface area (Å²) in [5.41, 5.74) is 3.22. The maximum absolute atomic E-state index is 14.1. The highest BCUT2D eigenvalue weighted by atomic mass is 35.5. The van der Waals surface area contributed by atoms with Gasteiger partial charge >= 0.3 is 0 Å². The van der Waals surface area contributed by atoms with Crippen molar-refractivity contribution in [2.45, 2.75) is 59.5 Å². The third-order valence-electron chi connectivity index (χ3n) is 6.32. The molecular weight excluding hydrogens is 541 g/mol. The lowest BCUT2D eigenvalue weighted by atomic mass is 9.96. The quantitative estimate of drug-likeness (QED) is 0.211. The molecule has 1 atom stereocenters. The number of hydrogen-bond donors (Lipinski definition) is 2. The Morgan fingerprint density at radius 1 is 1.20 bits per heavy atom. The summed E-state index contributed by atoms with van der Waals surface area (Å²) < 4.78 is 43.1. The van der Waals surface area contributed by atoms with Gasteiger partial charge in [-0.15, -0.1) is 5.10 Å². The molecule has 0 aliphatic carbocycles. The second kappa shape index (κ2) is 11.3. The Hall–Kier alpha value is -3.91. The van der Waals surface area contributed by atoms with Crippen LogP contribution in [0.1, 0.15) is 62.7 Å². The lowest BCUT2D eigenvalue weighted by molar-refractivity contribution is -0.0233. The molecule has 0 saturated heterocycles. The number of nitriles is 1. The van der Waals surface area contributed by atoms with Crippen molar-refractivity contribution in [3.8, 4) is 6.07 Å². The van der Waals surface area contributed by atoms with E-state index in [1.54, 1.807) is 25.1 Å². The van der Waals surface area contributed by atoms with E-state index in [2.05, 4.69) is 57.8 Å². The van der Waals surface area contributed by atoms with E-state index in [0.717, 1.165) is 4.68 Å². The molecule has 1 aromatic carbocycles. The second-order valence-electron chi connectivity index (χ2n) is 10.9. The number of hydrogen-bond acceptors (Lipinski definition) is 7. The number of fused-ring (bicyclic) bond motifs is 1. The Labute approximate surface area is 235 Å². The molecule has 4 aromatic rings. The summed E-state index contributed by atoms with van der Waals surface area (Å²) in [4.78, 5) is 8.32. The van der Waals surface area contributed by atoms with Gasteiger partial charge in [0.15, 0.2) is 0 Å². The highest BCUT2D eigenvalue weighted by Crippen LogP contribution is 2.36. The van der Waals surface area contributed by atoms with Gasteiger partial charge in [0.25, 0.3) is 5.92 Å². The van der Waals surface area contributed by atoms with Crippen molar-refractivity contribution in [2.75, 3.05) is 17.2 Å². The van der Waals surface area contributed by atoms with E-state index in [9.17, 15) is 18.4 Å². The zero-order valence-electron chi connectivity index (χ0n) is 22.9. The summed E-state index contributed by atoms with van der Waals surface area (Å²) in [6.45, 7) is 9.22. The average molecular weight is 571 g/mol. The predicted molar refractivity (Wildman–Crippen MR) is 149 cm³/mol. The fraction of sp³-hybridized carbons (Fsp3) is 0.393. The summed E-state index contributed by atoms with van der Waals surface area (Å²) in [7, 11) is 0. The van der Waals surface area contributed by atoms with Gasteiger partial charge in [0.1, 0.15) is 18.3 Å². The molecule has 0 radical (unpaired) electrons. The lowest BCUT2D eigenvalue weighted by Crippen LogP contribution is -2.23. The molecule has 0 aliphatic heterocycles. The van der Waals surface area contributed by atoms with Crippen LogP contribution in [0.4, 0.5) is 24.5 Å². The number of benzene rings is 1. The molecule has 210 valence electrons. The number of nitrogens with zero attached hydrogens (tertiary/aromatic N) is 6. The van der Waals surface area contributed by atoms with Gasteiger partial charge in [0.2, 0.25) is 5.95 Å². The largest absolute Gasteiger partial charge is 0.383 e. The van der Waals surface area contributed by atoms with Crippen LogP contribution in [0.5, 0.6) is 0 Å². The zero-order valence-corrected chi connectivity index (χ0v) is 23.6. The summed E-state index contributed by atoms with van der Waals surface area (Å²) in [6.07, 6.45) is 2.57. The van der Waals surface area contributed by atoms with Gasteiger partial charge in [-0.3, -0.25) is 4.98 Å². The molecule has 0 bridgehead atoms. The molecule has 3 heterocycles. The molecule has 4 rings (SSSR count). The summed E-state index contributed by atoms with van der Waals surface area (Å²) in [6, 6.07) is 7.70. The van der Waals surface area contributed by atoms with Crippen molar-refractivity contribution in [3.63, 3.8) is 0 Å². The first-order valence-corrected chi connectivity index (χ1v) is 13.1. The van der Waals surface area contributed by atoms with Crippen molar-refractivity contribution in [1.82, 2.24) is 25.0 Å². The molecule has 3 aromatic heterocycles.